The van der Waals surface area contributed by atoms with Crippen molar-refractivity contribution in [1.29, 1.82) is 0 Å². The maximum atomic E-state index is 12.5. The minimum Gasteiger partial charge on any atom is -0.492 e. The van der Waals surface area contributed by atoms with Crippen molar-refractivity contribution in [3.63, 3.8) is 0 Å². The number of fused-ring (bicyclic) bond motifs is 1. The topological polar surface area (TPSA) is 32.8 Å². The van der Waals surface area contributed by atoms with E-state index in [1.54, 1.807) is 0 Å². The Morgan fingerprint density at radius 1 is 1.22 bits per heavy atom. The standard InChI is InChI=1S/C14H18N2O2/c1-15-6-8-16(9-7-15)14(17)12-10-18-13-5-3-2-4-11(12)13/h2-5,12H,6-10H2,1H3. The summed E-state index contributed by atoms with van der Waals surface area (Å²) in [5, 5.41) is 0. The number of hydrogen-bond donors (Lipinski definition) is 0. The number of para-hydroxylation sites is 1. The van der Waals surface area contributed by atoms with Crippen molar-refractivity contribution >= 4 is 5.91 Å². The van der Waals surface area contributed by atoms with Gasteiger partial charge < -0.3 is 14.5 Å². The number of piperazine rings is 1. The molecule has 0 aliphatic carbocycles. The third kappa shape index (κ3) is 1.97. The van der Waals surface area contributed by atoms with Gasteiger partial charge in [-0.25, -0.2) is 0 Å². The number of nitrogens with zero attached hydrogens (tertiary/aromatic N) is 2. The lowest BCUT2D eigenvalue weighted by molar-refractivity contribution is -0.134. The molecule has 3 rings (SSSR count). The zero-order valence-electron chi connectivity index (χ0n) is 10.6. The number of amides is 1. The van der Waals surface area contributed by atoms with E-state index in [4.69, 9.17) is 4.74 Å². The molecule has 1 unspecified atom stereocenters. The lowest BCUT2D eigenvalue weighted by Gasteiger charge is -2.33. The van der Waals surface area contributed by atoms with Gasteiger partial charge in [-0.15, -0.1) is 0 Å². The molecule has 0 aromatic heterocycles. The molecule has 0 N–H and O–H groups in total. The quantitative estimate of drug-likeness (QED) is 0.739. The zero-order valence-corrected chi connectivity index (χ0v) is 10.6. The molecule has 1 aromatic rings. The van der Waals surface area contributed by atoms with E-state index in [1.165, 1.54) is 0 Å². The van der Waals surface area contributed by atoms with E-state index >= 15 is 0 Å². The average Bonchev–Trinajstić information content (AvgIpc) is 2.82. The summed E-state index contributed by atoms with van der Waals surface area (Å²) in [4.78, 5) is 16.7. The Labute approximate surface area is 107 Å². The molecule has 1 saturated heterocycles. The zero-order chi connectivity index (χ0) is 12.5. The summed E-state index contributed by atoms with van der Waals surface area (Å²) >= 11 is 0. The van der Waals surface area contributed by atoms with Crippen LogP contribution in [-0.2, 0) is 4.79 Å². The molecule has 2 aliphatic heterocycles. The molecule has 0 bridgehead atoms. The van der Waals surface area contributed by atoms with Crippen molar-refractivity contribution in [2.75, 3.05) is 39.8 Å². The Morgan fingerprint density at radius 3 is 2.72 bits per heavy atom. The number of rotatable bonds is 1. The van der Waals surface area contributed by atoms with Gasteiger partial charge in [-0.1, -0.05) is 18.2 Å². The molecule has 4 heteroatoms. The number of carbonyl (C=O) groups is 1. The normalized spacial score (nSPS) is 23.6. The van der Waals surface area contributed by atoms with Crippen molar-refractivity contribution in [2.24, 2.45) is 0 Å². The second-order valence-electron chi connectivity index (χ2n) is 5.03. The van der Waals surface area contributed by atoms with Crippen LogP contribution in [0.1, 0.15) is 11.5 Å². The molecular formula is C14H18N2O2. The molecule has 1 atom stereocenters. The van der Waals surface area contributed by atoms with Gasteiger partial charge in [-0.05, 0) is 13.1 Å². The summed E-state index contributed by atoms with van der Waals surface area (Å²) in [6, 6.07) is 7.85. The minimum atomic E-state index is -0.107. The van der Waals surface area contributed by atoms with Crippen molar-refractivity contribution in [3.8, 4) is 5.75 Å². The fourth-order valence-electron chi connectivity index (χ4n) is 2.61. The SMILES string of the molecule is CN1CCN(C(=O)C2COc3ccccc32)CC1. The van der Waals surface area contributed by atoms with Crippen molar-refractivity contribution in [1.82, 2.24) is 9.80 Å². The smallest absolute Gasteiger partial charge is 0.233 e. The molecule has 2 aliphatic rings. The highest BCUT2D eigenvalue weighted by atomic mass is 16.5. The Hall–Kier alpha value is -1.55. The molecule has 4 nitrogen and oxygen atoms in total. The first kappa shape index (κ1) is 11.5. The molecule has 1 fully saturated rings. The summed E-state index contributed by atoms with van der Waals surface area (Å²) < 4.78 is 5.59. The first-order chi connectivity index (χ1) is 8.75. The third-order valence-corrected chi connectivity index (χ3v) is 3.81. The molecule has 2 heterocycles. The predicted molar refractivity (Wildman–Crippen MR) is 68.8 cm³/mol. The summed E-state index contributed by atoms with van der Waals surface area (Å²) in [7, 11) is 2.09. The van der Waals surface area contributed by atoms with Gasteiger partial charge in [0.1, 0.15) is 18.3 Å². The Bertz CT molecular complexity index is 453. The Morgan fingerprint density at radius 2 is 1.94 bits per heavy atom. The number of hydrogen-bond acceptors (Lipinski definition) is 3. The van der Waals surface area contributed by atoms with Gasteiger partial charge in [-0.3, -0.25) is 4.79 Å². The first-order valence-corrected chi connectivity index (χ1v) is 6.45. The summed E-state index contributed by atoms with van der Waals surface area (Å²) in [6.07, 6.45) is 0. The third-order valence-electron chi connectivity index (χ3n) is 3.81. The van der Waals surface area contributed by atoms with Gasteiger partial charge in [0.15, 0.2) is 0 Å². The second-order valence-corrected chi connectivity index (χ2v) is 5.03. The van der Waals surface area contributed by atoms with Gasteiger partial charge >= 0.3 is 0 Å². The molecule has 1 aromatic carbocycles. The van der Waals surface area contributed by atoms with Crippen LogP contribution in [0.15, 0.2) is 24.3 Å². The largest absolute Gasteiger partial charge is 0.492 e. The van der Waals surface area contributed by atoms with Gasteiger partial charge in [0.2, 0.25) is 5.91 Å². The predicted octanol–water partition coefficient (Wildman–Crippen LogP) is 0.937. The van der Waals surface area contributed by atoms with E-state index in [2.05, 4.69) is 11.9 Å². The number of benzene rings is 1. The van der Waals surface area contributed by atoms with Crippen molar-refractivity contribution in [2.45, 2.75) is 5.92 Å². The molecule has 0 saturated carbocycles. The summed E-state index contributed by atoms with van der Waals surface area (Å²) in [5.41, 5.74) is 1.04. The van der Waals surface area contributed by atoms with Crippen molar-refractivity contribution in [3.05, 3.63) is 29.8 Å². The summed E-state index contributed by atoms with van der Waals surface area (Å²) in [5.74, 6) is 0.975. The van der Waals surface area contributed by atoms with Gasteiger partial charge in [0.25, 0.3) is 0 Å². The highest BCUT2D eigenvalue weighted by molar-refractivity contribution is 5.85. The molecule has 0 radical (unpaired) electrons. The van der Waals surface area contributed by atoms with Crippen LogP contribution >= 0.6 is 0 Å². The fourth-order valence-corrected chi connectivity index (χ4v) is 2.61. The molecule has 96 valence electrons. The monoisotopic (exact) mass is 246 g/mol. The molecule has 18 heavy (non-hydrogen) atoms. The highest BCUT2D eigenvalue weighted by Crippen LogP contribution is 2.34. The fraction of sp³-hybridized carbons (Fsp3) is 0.500. The van der Waals surface area contributed by atoms with E-state index in [-0.39, 0.29) is 11.8 Å². The van der Waals surface area contributed by atoms with E-state index in [0.29, 0.717) is 6.61 Å². The van der Waals surface area contributed by atoms with Crippen LogP contribution in [0, 0.1) is 0 Å². The molecule has 1 amide bonds. The van der Waals surface area contributed by atoms with Crippen LogP contribution in [0.25, 0.3) is 0 Å². The van der Waals surface area contributed by atoms with Crippen molar-refractivity contribution < 1.29 is 9.53 Å². The first-order valence-electron chi connectivity index (χ1n) is 6.45. The van der Waals surface area contributed by atoms with Gasteiger partial charge in [-0.2, -0.15) is 0 Å². The number of ether oxygens (including phenoxy) is 1. The van der Waals surface area contributed by atoms with Crippen LogP contribution < -0.4 is 4.74 Å². The van der Waals surface area contributed by atoms with E-state index in [9.17, 15) is 4.79 Å². The van der Waals surface area contributed by atoms with Crippen LogP contribution in [0.2, 0.25) is 0 Å². The average molecular weight is 246 g/mol. The Kier molecular flexibility index (Phi) is 2.96. The van der Waals surface area contributed by atoms with Crippen LogP contribution in [-0.4, -0.2) is 55.5 Å². The van der Waals surface area contributed by atoms with Crippen LogP contribution in [0.5, 0.6) is 5.75 Å². The van der Waals surface area contributed by atoms with E-state index < -0.39 is 0 Å². The molecule has 0 spiro atoms. The number of carbonyl (C=O) groups excluding carboxylic acids is 1. The van der Waals surface area contributed by atoms with E-state index in [1.807, 2.05) is 29.2 Å². The maximum Gasteiger partial charge on any atom is 0.233 e. The van der Waals surface area contributed by atoms with Gasteiger partial charge in [0, 0.05) is 31.7 Å². The lowest BCUT2D eigenvalue weighted by atomic mass is 9.99. The van der Waals surface area contributed by atoms with Gasteiger partial charge in [0.05, 0.1) is 0 Å². The number of likely N-dealkylation sites (N-methyl/N-ethyl adjacent to an activating group) is 1. The van der Waals surface area contributed by atoms with Crippen LogP contribution in [0.3, 0.4) is 0 Å². The molecular weight excluding hydrogens is 228 g/mol. The summed E-state index contributed by atoms with van der Waals surface area (Å²) in [6.45, 7) is 4.06. The van der Waals surface area contributed by atoms with Crippen LogP contribution in [0.4, 0.5) is 0 Å². The van der Waals surface area contributed by atoms with E-state index in [0.717, 1.165) is 37.5 Å². The maximum absolute atomic E-state index is 12.5. The Balaban J connectivity index is 1.74. The lowest BCUT2D eigenvalue weighted by Crippen LogP contribution is -2.48. The second kappa shape index (κ2) is 4.61. The highest BCUT2D eigenvalue weighted by Gasteiger charge is 2.33. The minimum absolute atomic E-state index is 0.107.